The highest BCUT2D eigenvalue weighted by Crippen LogP contribution is 2.34. The van der Waals surface area contributed by atoms with Crippen molar-refractivity contribution in [1.82, 2.24) is 14.8 Å². The van der Waals surface area contributed by atoms with Crippen LogP contribution in [0.2, 0.25) is 0 Å². The number of rotatable bonds is 4. The molecular weight excluding hydrogens is 392 g/mol. The molecule has 0 radical (unpaired) electrons. The molecule has 1 aliphatic heterocycles. The Bertz CT molecular complexity index is 1290. The van der Waals surface area contributed by atoms with Gasteiger partial charge in [-0.1, -0.05) is 29.8 Å². The average molecular weight is 414 g/mol. The molecule has 7 heteroatoms. The van der Waals surface area contributed by atoms with Crippen LogP contribution in [0.15, 0.2) is 54.7 Å². The number of anilines is 1. The molecule has 1 aliphatic rings. The lowest BCUT2D eigenvalue weighted by Crippen LogP contribution is -2.13. The van der Waals surface area contributed by atoms with E-state index < -0.39 is 0 Å². The Kier molecular flexibility index (Phi) is 4.58. The molecule has 2 aromatic carbocycles. The van der Waals surface area contributed by atoms with Gasteiger partial charge in [-0.2, -0.15) is 5.10 Å². The van der Waals surface area contributed by atoms with E-state index in [1.54, 1.807) is 24.4 Å². The first-order valence-electron chi connectivity index (χ1n) is 10.2. The van der Waals surface area contributed by atoms with Crippen LogP contribution in [0.5, 0.6) is 11.5 Å². The van der Waals surface area contributed by atoms with Gasteiger partial charge in [0.15, 0.2) is 17.1 Å². The van der Waals surface area contributed by atoms with Crippen molar-refractivity contribution in [3.05, 3.63) is 65.9 Å². The standard InChI is InChI=1S/C24H22N4O3/c1-14(2)28-23-19(12-25-28)18(11-20(27-23)16-6-4-15(3)5-7-16)24(29)26-17-8-9-21-22(10-17)31-13-30-21/h4-12,14H,13H2,1-3H3,(H,26,29). The molecule has 31 heavy (non-hydrogen) atoms. The maximum absolute atomic E-state index is 13.3. The van der Waals surface area contributed by atoms with Crippen molar-refractivity contribution in [2.45, 2.75) is 26.8 Å². The first-order chi connectivity index (χ1) is 15.0. The fraction of sp³-hybridized carbons (Fsp3) is 0.208. The van der Waals surface area contributed by atoms with E-state index in [9.17, 15) is 4.79 Å². The fourth-order valence-electron chi connectivity index (χ4n) is 3.63. The van der Waals surface area contributed by atoms with E-state index in [4.69, 9.17) is 14.5 Å². The lowest BCUT2D eigenvalue weighted by Gasteiger charge is -2.11. The number of aromatic nitrogens is 3. The Morgan fingerprint density at radius 1 is 1.06 bits per heavy atom. The summed E-state index contributed by atoms with van der Waals surface area (Å²) in [7, 11) is 0. The summed E-state index contributed by atoms with van der Waals surface area (Å²) in [5, 5.41) is 8.16. The quantitative estimate of drug-likeness (QED) is 0.510. The van der Waals surface area contributed by atoms with Gasteiger partial charge in [-0.15, -0.1) is 0 Å². The molecule has 1 N–H and O–H groups in total. The second kappa shape index (κ2) is 7.43. The lowest BCUT2D eigenvalue weighted by atomic mass is 10.0. The monoisotopic (exact) mass is 414 g/mol. The third-order valence-corrected chi connectivity index (χ3v) is 5.28. The lowest BCUT2D eigenvalue weighted by molar-refractivity contribution is 0.102. The van der Waals surface area contributed by atoms with Crippen LogP contribution in [0.25, 0.3) is 22.3 Å². The number of carbonyl (C=O) groups is 1. The van der Waals surface area contributed by atoms with Gasteiger partial charge in [-0.25, -0.2) is 9.67 Å². The Balaban J connectivity index is 1.59. The average Bonchev–Trinajstić information content (AvgIpc) is 3.40. The molecule has 0 unspecified atom stereocenters. The van der Waals surface area contributed by atoms with Crippen LogP contribution in [0.4, 0.5) is 5.69 Å². The molecular formula is C24H22N4O3. The summed E-state index contributed by atoms with van der Waals surface area (Å²) in [4.78, 5) is 18.1. The highest BCUT2D eigenvalue weighted by Gasteiger charge is 2.20. The fourth-order valence-corrected chi connectivity index (χ4v) is 3.63. The van der Waals surface area contributed by atoms with Gasteiger partial charge in [0.25, 0.3) is 5.91 Å². The molecule has 0 aliphatic carbocycles. The molecule has 0 spiro atoms. The summed E-state index contributed by atoms with van der Waals surface area (Å²) in [5.74, 6) is 1.05. The van der Waals surface area contributed by atoms with Crippen LogP contribution in [-0.4, -0.2) is 27.5 Å². The minimum atomic E-state index is -0.233. The van der Waals surface area contributed by atoms with Crippen molar-refractivity contribution in [3.63, 3.8) is 0 Å². The third kappa shape index (κ3) is 3.48. The number of aryl methyl sites for hydroxylation is 1. The number of nitrogens with one attached hydrogen (secondary N) is 1. The van der Waals surface area contributed by atoms with Crippen LogP contribution in [-0.2, 0) is 0 Å². The van der Waals surface area contributed by atoms with Gasteiger partial charge in [0.1, 0.15) is 0 Å². The predicted octanol–water partition coefficient (Wildman–Crippen LogP) is 4.97. The van der Waals surface area contributed by atoms with Crippen LogP contribution < -0.4 is 14.8 Å². The number of hydrogen-bond acceptors (Lipinski definition) is 5. The van der Waals surface area contributed by atoms with Gasteiger partial charge in [0.05, 0.1) is 22.8 Å². The minimum Gasteiger partial charge on any atom is -0.454 e. The number of ether oxygens (including phenoxy) is 2. The van der Waals surface area contributed by atoms with Crippen molar-refractivity contribution in [1.29, 1.82) is 0 Å². The van der Waals surface area contributed by atoms with E-state index in [2.05, 4.69) is 10.4 Å². The molecule has 0 fully saturated rings. The second-order valence-corrected chi connectivity index (χ2v) is 7.86. The normalized spacial score (nSPS) is 12.5. The molecule has 156 valence electrons. The van der Waals surface area contributed by atoms with Crippen molar-refractivity contribution in [2.24, 2.45) is 0 Å². The Morgan fingerprint density at radius 2 is 1.84 bits per heavy atom. The molecule has 0 saturated carbocycles. The van der Waals surface area contributed by atoms with E-state index >= 15 is 0 Å². The SMILES string of the molecule is Cc1ccc(-c2cc(C(=O)Nc3ccc4c(c3)OCO4)c3cnn(C(C)C)c3n2)cc1. The van der Waals surface area contributed by atoms with Gasteiger partial charge in [-0.3, -0.25) is 4.79 Å². The molecule has 4 aromatic rings. The van der Waals surface area contributed by atoms with E-state index in [1.807, 2.05) is 55.8 Å². The molecule has 2 aromatic heterocycles. The number of pyridine rings is 1. The highest BCUT2D eigenvalue weighted by atomic mass is 16.7. The van der Waals surface area contributed by atoms with Crippen LogP contribution in [0.1, 0.15) is 35.8 Å². The first kappa shape index (κ1) is 19.1. The summed E-state index contributed by atoms with van der Waals surface area (Å²) >= 11 is 0. The van der Waals surface area contributed by atoms with E-state index in [-0.39, 0.29) is 18.7 Å². The summed E-state index contributed by atoms with van der Waals surface area (Å²) in [6.07, 6.45) is 1.70. The molecule has 0 atom stereocenters. The maximum atomic E-state index is 13.3. The smallest absolute Gasteiger partial charge is 0.256 e. The van der Waals surface area contributed by atoms with Crippen LogP contribution >= 0.6 is 0 Å². The molecule has 5 rings (SSSR count). The number of benzene rings is 2. The molecule has 7 nitrogen and oxygen atoms in total. The number of nitrogens with zero attached hydrogens (tertiary/aromatic N) is 3. The van der Waals surface area contributed by atoms with Gasteiger partial charge in [-0.05, 0) is 39.0 Å². The molecule has 0 saturated heterocycles. The second-order valence-electron chi connectivity index (χ2n) is 7.86. The zero-order valence-electron chi connectivity index (χ0n) is 17.5. The zero-order valence-corrected chi connectivity index (χ0v) is 17.5. The van der Waals surface area contributed by atoms with Crippen molar-refractivity contribution in [3.8, 4) is 22.8 Å². The number of carbonyl (C=O) groups excluding carboxylic acids is 1. The summed E-state index contributed by atoms with van der Waals surface area (Å²) in [5.41, 5.74) is 4.67. The Hall–Kier alpha value is -3.87. The summed E-state index contributed by atoms with van der Waals surface area (Å²) in [6, 6.07) is 15.4. The molecule has 1 amide bonds. The summed E-state index contributed by atoms with van der Waals surface area (Å²) in [6.45, 7) is 6.31. The molecule has 0 bridgehead atoms. The Morgan fingerprint density at radius 3 is 2.61 bits per heavy atom. The number of hydrogen-bond donors (Lipinski definition) is 1. The first-order valence-corrected chi connectivity index (χ1v) is 10.2. The predicted molar refractivity (Wildman–Crippen MR) is 119 cm³/mol. The van der Waals surface area contributed by atoms with Gasteiger partial charge in [0.2, 0.25) is 6.79 Å². The third-order valence-electron chi connectivity index (χ3n) is 5.28. The number of fused-ring (bicyclic) bond motifs is 2. The number of amides is 1. The zero-order chi connectivity index (χ0) is 21.5. The van der Waals surface area contributed by atoms with Crippen molar-refractivity contribution < 1.29 is 14.3 Å². The van der Waals surface area contributed by atoms with Crippen molar-refractivity contribution in [2.75, 3.05) is 12.1 Å². The topological polar surface area (TPSA) is 78.3 Å². The van der Waals surface area contributed by atoms with Crippen LogP contribution in [0, 0.1) is 6.92 Å². The maximum Gasteiger partial charge on any atom is 0.256 e. The molecule has 3 heterocycles. The highest BCUT2D eigenvalue weighted by molar-refractivity contribution is 6.12. The Labute approximate surface area is 179 Å². The minimum absolute atomic E-state index is 0.114. The van der Waals surface area contributed by atoms with Crippen LogP contribution in [0.3, 0.4) is 0 Å². The van der Waals surface area contributed by atoms with Crippen molar-refractivity contribution >= 4 is 22.6 Å². The summed E-state index contributed by atoms with van der Waals surface area (Å²) < 4.78 is 12.6. The van der Waals surface area contributed by atoms with E-state index in [1.165, 1.54) is 0 Å². The van der Waals surface area contributed by atoms with E-state index in [0.717, 1.165) is 16.8 Å². The largest absolute Gasteiger partial charge is 0.454 e. The van der Waals surface area contributed by atoms with Gasteiger partial charge < -0.3 is 14.8 Å². The van der Waals surface area contributed by atoms with E-state index in [0.29, 0.717) is 33.8 Å². The van der Waals surface area contributed by atoms with Gasteiger partial charge in [0, 0.05) is 23.4 Å². The van der Waals surface area contributed by atoms with Gasteiger partial charge >= 0.3 is 0 Å².